The fourth-order valence-electron chi connectivity index (χ4n) is 4.53. The van der Waals surface area contributed by atoms with Crippen LogP contribution < -0.4 is 0 Å². The quantitative estimate of drug-likeness (QED) is 0.845. The van der Waals surface area contributed by atoms with E-state index in [2.05, 4.69) is 30.1 Å². The van der Waals surface area contributed by atoms with Crippen LogP contribution in [-0.2, 0) is 17.6 Å². The number of H-pyrrole nitrogens is 1. The number of piperidine rings is 1. The van der Waals surface area contributed by atoms with Gasteiger partial charge in [-0.1, -0.05) is 11.6 Å². The molecule has 0 radical (unpaired) electrons. The van der Waals surface area contributed by atoms with Crippen LogP contribution in [0.4, 0.5) is 0 Å². The summed E-state index contributed by atoms with van der Waals surface area (Å²) in [6.07, 6.45) is 8.16. The van der Waals surface area contributed by atoms with Crippen molar-refractivity contribution in [3.05, 3.63) is 28.6 Å². The summed E-state index contributed by atoms with van der Waals surface area (Å²) in [6.45, 7) is 5.91. The first-order valence-corrected chi connectivity index (χ1v) is 9.84. The number of rotatable bonds is 3. The Morgan fingerprint density at radius 2 is 2.04 bits per heavy atom. The number of aromatic amines is 1. The van der Waals surface area contributed by atoms with E-state index in [0.717, 1.165) is 49.8 Å². The monoisotopic (exact) mass is 356 g/mol. The Balaban J connectivity index is 1.56. The van der Waals surface area contributed by atoms with Crippen molar-refractivity contribution in [3.8, 4) is 0 Å². The van der Waals surface area contributed by atoms with Gasteiger partial charge in [-0.05, 0) is 52.4 Å². The smallest absolute Gasteiger partial charge is 0.274 e. The minimum Gasteiger partial charge on any atom is -0.334 e. The molecular weight excluding hydrogens is 328 g/mol. The zero-order chi connectivity index (χ0) is 18.3. The van der Waals surface area contributed by atoms with E-state index in [1.54, 1.807) is 0 Å². The van der Waals surface area contributed by atoms with E-state index in [0.29, 0.717) is 25.3 Å². The number of aryl methyl sites for hydroxylation is 1. The summed E-state index contributed by atoms with van der Waals surface area (Å²) in [7, 11) is 0. The number of nitrogens with zero attached hydrogens (tertiary/aromatic N) is 3. The predicted octanol–water partition coefficient (Wildman–Crippen LogP) is 2.32. The normalized spacial score (nSPS) is 25.1. The summed E-state index contributed by atoms with van der Waals surface area (Å²) in [5.41, 5.74) is 4.03. The lowest BCUT2D eigenvalue weighted by Crippen LogP contribution is -2.48. The molecule has 4 heterocycles. The minimum absolute atomic E-state index is 0.00170. The van der Waals surface area contributed by atoms with Gasteiger partial charge in [0.05, 0.1) is 5.92 Å². The molecule has 0 unspecified atom stereocenters. The number of aromatic nitrogens is 2. The molecule has 0 saturated carbocycles. The molecule has 1 aliphatic carbocycles. The molecule has 2 bridgehead atoms. The van der Waals surface area contributed by atoms with Crippen molar-refractivity contribution in [1.29, 1.82) is 0 Å². The SMILES string of the molecule is CC(C)=CCN1C(=O)[C@H]2CC[C@@H]1CN(C(=O)c1n[nH]c3c1CCCC3)C2. The average molecular weight is 356 g/mol. The van der Waals surface area contributed by atoms with E-state index >= 15 is 0 Å². The zero-order valence-electron chi connectivity index (χ0n) is 15.8. The number of carbonyl (C=O) groups is 2. The molecule has 1 aromatic heterocycles. The molecule has 1 N–H and O–H groups in total. The van der Waals surface area contributed by atoms with Gasteiger partial charge in [0.25, 0.3) is 5.91 Å². The standard InChI is InChI=1S/C20H28N4O2/c1-13(2)9-10-24-15-8-7-14(19(24)25)11-23(12-15)20(26)18-16-5-3-4-6-17(16)21-22-18/h9,14-15H,3-8,10-12H2,1-2H3,(H,21,22)/t14-,15+/m0/s1. The lowest BCUT2D eigenvalue weighted by atomic mass is 9.94. The lowest BCUT2D eigenvalue weighted by Gasteiger charge is -2.35. The van der Waals surface area contributed by atoms with Gasteiger partial charge in [0.1, 0.15) is 0 Å². The van der Waals surface area contributed by atoms with E-state index in [-0.39, 0.29) is 23.8 Å². The highest BCUT2D eigenvalue weighted by atomic mass is 16.2. The third-order valence-corrected chi connectivity index (χ3v) is 6.04. The second kappa shape index (κ2) is 6.89. The van der Waals surface area contributed by atoms with Crippen LogP contribution in [0.2, 0.25) is 0 Å². The Labute approximate surface area is 154 Å². The zero-order valence-corrected chi connectivity index (χ0v) is 15.8. The van der Waals surface area contributed by atoms with E-state index in [1.165, 1.54) is 5.57 Å². The fraction of sp³-hybridized carbons (Fsp3) is 0.650. The van der Waals surface area contributed by atoms with Crippen LogP contribution in [0.15, 0.2) is 11.6 Å². The molecule has 26 heavy (non-hydrogen) atoms. The van der Waals surface area contributed by atoms with Gasteiger partial charge in [-0.15, -0.1) is 0 Å². The molecule has 2 atom stereocenters. The number of fused-ring (bicyclic) bond motifs is 5. The highest BCUT2D eigenvalue weighted by molar-refractivity contribution is 5.95. The lowest BCUT2D eigenvalue weighted by molar-refractivity contribution is -0.139. The molecule has 0 aromatic carbocycles. The van der Waals surface area contributed by atoms with Gasteiger partial charge in [-0.25, -0.2) is 0 Å². The van der Waals surface area contributed by atoms with E-state index in [1.807, 2.05) is 9.80 Å². The molecule has 3 fully saturated rings. The van der Waals surface area contributed by atoms with Crippen LogP contribution >= 0.6 is 0 Å². The van der Waals surface area contributed by atoms with Crippen LogP contribution in [0.1, 0.15) is 61.3 Å². The summed E-state index contributed by atoms with van der Waals surface area (Å²) < 4.78 is 0. The third kappa shape index (κ3) is 3.06. The summed E-state index contributed by atoms with van der Waals surface area (Å²) in [5, 5.41) is 7.41. The summed E-state index contributed by atoms with van der Waals surface area (Å²) in [5.74, 6) is 0.134. The first-order valence-electron chi connectivity index (χ1n) is 9.84. The van der Waals surface area contributed by atoms with Gasteiger partial charge >= 0.3 is 0 Å². The van der Waals surface area contributed by atoms with Crippen molar-refractivity contribution in [2.75, 3.05) is 19.6 Å². The van der Waals surface area contributed by atoms with Gasteiger partial charge < -0.3 is 9.80 Å². The molecule has 6 heteroatoms. The van der Waals surface area contributed by atoms with Crippen molar-refractivity contribution >= 4 is 11.8 Å². The van der Waals surface area contributed by atoms with Crippen molar-refractivity contribution < 1.29 is 9.59 Å². The van der Waals surface area contributed by atoms with E-state index in [4.69, 9.17) is 0 Å². The van der Waals surface area contributed by atoms with E-state index in [9.17, 15) is 9.59 Å². The van der Waals surface area contributed by atoms with E-state index < -0.39 is 0 Å². The molecule has 5 rings (SSSR count). The number of hydrogen-bond donors (Lipinski definition) is 1. The fourth-order valence-corrected chi connectivity index (χ4v) is 4.53. The molecule has 4 aliphatic rings. The molecule has 6 nitrogen and oxygen atoms in total. The Morgan fingerprint density at radius 1 is 1.23 bits per heavy atom. The number of allylic oxidation sites excluding steroid dienone is 1. The maximum atomic E-state index is 13.2. The molecule has 1 aromatic rings. The predicted molar refractivity (Wildman–Crippen MR) is 98.8 cm³/mol. The number of amides is 2. The summed E-state index contributed by atoms with van der Waals surface area (Å²) >= 11 is 0. The first kappa shape index (κ1) is 17.3. The molecule has 140 valence electrons. The highest BCUT2D eigenvalue weighted by Gasteiger charge is 2.42. The highest BCUT2D eigenvalue weighted by Crippen LogP contribution is 2.31. The maximum absolute atomic E-state index is 13.2. The van der Waals surface area contributed by atoms with Crippen molar-refractivity contribution in [1.82, 2.24) is 20.0 Å². The van der Waals surface area contributed by atoms with Crippen molar-refractivity contribution in [2.45, 2.75) is 58.4 Å². The van der Waals surface area contributed by atoms with Gasteiger partial charge in [-0.3, -0.25) is 14.7 Å². The van der Waals surface area contributed by atoms with Gasteiger partial charge in [0.15, 0.2) is 5.69 Å². The van der Waals surface area contributed by atoms with Crippen LogP contribution in [-0.4, -0.2) is 57.5 Å². The van der Waals surface area contributed by atoms with Crippen LogP contribution in [0.3, 0.4) is 0 Å². The first-order chi connectivity index (χ1) is 12.5. The van der Waals surface area contributed by atoms with Crippen LogP contribution in [0.25, 0.3) is 0 Å². The molecule has 3 saturated heterocycles. The van der Waals surface area contributed by atoms with Gasteiger partial charge in [0.2, 0.25) is 5.91 Å². The Bertz CT molecular complexity index is 747. The molecular formula is C20H28N4O2. The molecule has 3 aliphatic heterocycles. The van der Waals surface area contributed by atoms with Crippen molar-refractivity contribution in [2.24, 2.45) is 5.92 Å². The molecule has 0 spiro atoms. The molecule has 2 amide bonds. The minimum atomic E-state index is -0.0713. The number of hydrogen-bond acceptors (Lipinski definition) is 3. The third-order valence-electron chi connectivity index (χ3n) is 6.04. The Kier molecular flexibility index (Phi) is 4.59. The van der Waals surface area contributed by atoms with Gasteiger partial charge in [0, 0.05) is 36.9 Å². The van der Waals surface area contributed by atoms with Crippen LogP contribution in [0.5, 0.6) is 0 Å². The average Bonchev–Trinajstić information content (AvgIpc) is 2.86. The topological polar surface area (TPSA) is 69.3 Å². The number of nitrogens with one attached hydrogen (secondary N) is 1. The largest absolute Gasteiger partial charge is 0.334 e. The van der Waals surface area contributed by atoms with Gasteiger partial charge in [-0.2, -0.15) is 5.10 Å². The summed E-state index contributed by atoms with van der Waals surface area (Å²) in [6, 6.07) is 0.121. The maximum Gasteiger partial charge on any atom is 0.274 e. The second-order valence-corrected chi connectivity index (χ2v) is 8.15. The van der Waals surface area contributed by atoms with Crippen molar-refractivity contribution in [3.63, 3.8) is 0 Å². The Morgan fingerprint density at radius 3 is 2.85 bits per heavy atom. The summed E-state index contributed by atoms with van der Waals surface area (Å²) in [4.78, 5) is 29.9. The Hall–Kier alpha value is -2.11. The van der Waals surface area contributed by atoms with Crippen LogP contribution in [0, 0.1) is 5.92 Å². The second-order valence-electron chi connectivity index (χ2n) is 8.15. The number of carbonyl (C=O) groups excluding carboxylic acids is 2.